The molecule has 1 aromatic carbocycles. The Morgan fingerprint density at radius 3 is 2.69 bits per heavy atom. The first-order valence-corrected chi connectivity index (χ1v) is 8.18. The summed E-state index contributed by atoms with van der Waals surface area (Å²) in [6.45, 7) is 2.29. The van der Waals surface area contributed by atoms with Crippen LogP contribution in [0.15, 0.2) is 48.8 Å². The highest BCUT2D eigenvalue weighted by atomic mass is 19.2. The van der Waals surface area contributed by atoms with Gasteiger partial charge in [-0.05, 0) is 42.3 Å². The molecular weight excluding hydrogens is 336 g/mol. The van der Waals surface area contributed by atoms with Crippen molar-refractivity contribution >= 4 is 11.6 Å². The van der Waals surface area contributed by atoms with Gasteiger partial charge < -0.3 is 4.90 Å². The van der Waals surface area contributed by atoms with E-state index < -0.39 is 11.6 Å². The van der Waals surface area contributed by atoms with Crippen LogP contribution < -0.4 is 4.90 Å². The lowest BCUT2D eigenvalue weighted by Gasteiger charge is -2.18. The fraction of sp³-hybridized carbons (Fsp3) is 0.150. The predicted molar refractivity (Wildman–Crippen MR) is 93.5 cm³/mol. The van der Waals surface area contributed by atoms with Crippen LogP contribution in [0.1, 0.15) is 17.0 Å². The predicted octanol–water partition coefficient (Wildman–Crippen LogP) is 3.82. The zero-order valence-corrected chi connectivity index (χ0v) is 14.0. The summed E-state index contributed by atoms with van der Waals surface area (Å²) in [4.78, 5) is 22.8. The van der Waals surface area contributed by atoms with Gasteiger partial charge in [0, 0.05) is 18.0 Å². The molecular formula is C20H15F2N3O. The first-order valence-electron chi connectivity index (χ1n) is 8.18. The Morgan fingerprint density at radius 2 is 1.92 bits per heavy atom. The standard InChI is InChI=1S/C20H15F2N3O/c1-12-3-2-6-23-18(12)11-25-19-8-14(10-24-17(19)9-20(25)26)13-4-5-15(21)16(22)7-13/h2-8,10H,9,11H2,1H3. The molecule has 0 saturated carbocycles. The summed E-state index contributed by atoms with van der Waals surface area (Å²) in [6, 6.07) is 9.28. The van der Waals surface area contributed by atoms with Crippen molar-refractivity contribution in [3.05, 3.63) is 77.4 Å². The minimum atomic E-state index is -0.917. The molecule has 0 saturated heterocycles. The summed E-state index contributed by atoms with van der Waals surface area (Å²) in [5.41, 5.74) is 4.30. The molecule has 1 aliphatic rings. The van der Waals surface area contributed by atoms with E-state index in [9.17, 15) is 13.6 Å². The van der Waals surface area contributed by atoms with Crippen LogP contribution in [0, 0.1) is 18.6 Å². The van der Waals surface area contributed by atoms with E-state index in [1.54, 1.807) is 23.4 Å². The number of benzene rings is 1. The summed E-state index contributed by atoms with van der Waals surface area (Å²) < 4.78 is 26.7. The minimum Gasteiger partial charge on any atom is -0.304 e. The van der Waals surface area contributed by atoms with E-state index in [1.165, 1.54) is 6.07 Å². The Morgan fingerprint density at radius 1 is 1.08 bits per heavy atom. The Labute approximate surface area is 149 Å². The Balaban J connectivity index is 1.72. The van der Waals surface area contributed by atoms with E-state index in [0.29, 0.717) is 29.1 Å². The van der Waals surface area contributed by atoms with Gasteiger partial charge in [0.1, 0.15) is 0 Å². The van der Waals surface area contributed by atoms with Gasteiger partial charge in [0.25, 0.3) is 0 Å². The first-order chi connectivity index (χ1) is 12.5. The molecule has 1 aliphatic heterocycles. The summed E-state index contributed by atoms with van der Waals surface area (Å²) in [5.74, 6) is -1.87. The fourth-order valence-corrected chi connectivity index (χ4v) is 3.06. The zero-order valence-electron chi connectivity index (χ0n) is 14.0. The van der Waals surface area contributed by atoms with Crippen LogP contribution in [-0.2, 0) is 17.8 Å². The molecule has 2 aromatic heterocycles. The molecule has 0 aliphatic carbocycles. The van der Waals surface area contributed by atoms with Crippen LogP contribution in [0.3, 0.4) is 0 Å². The molecule has 0 radical (unpaired) electrons. The molecule has 3 aromatic rings. The molecule has 0 N–H and O–H groups in total. The van der Waals surface area contributed by atoms with E-state index in [0.717, 1.165) is 23.4 Å². The van der Waals surface area contributed by atoms with Crippen molar-refractivity contribution < 1.29 is 13.6 Å². The maximum absolute atomic E-state index is 13.5. The number of nitrogens with zero attached hydrogens (tertiary/aromatic N) is 3. The molecule has 0 unspecified atom stereocenters. The van der Waals surface area contributed by atoms with Crippen molar-refractivity contribution in [2.75, 3.05) is 4.90 Å². The lowest BCUT2D eigenvalue weighted by Crippen LogP contribution is -2.26. The van der Waals surface area contributed by atoms with Gasteiger partial charge in [-0.2, -0.15) is 0 Å². The lowest BCUT2D eigenvalue weighted by molar-refractivity contribution is -0.117. The molecule has 4 rings (SSSR count). The second kappa shape index (κ2) is 6.29. The Kier molecular flexibility index (Phi) is 3.95. The van der Waals surface area contributed by atoms with Gasteiger partial charge >= 0.3 is 0 Å². The fourth-order valence-electron chi connectivity index (χ4n) is 3.06. The number of aromatic nitrogens is 2. The third kappa shape index (κ3) is 2.83. The van der Waals surface area contributed by atoms with Crippen LogP contribution in [0.2, 0.25) is 0 Å². The highest BCUT2D eigenvalue weighted by Gasteiger charge is 2.29. The normalized spacial score (nSPS) is 13.2. The number of hydrogen-bond donors (Lipinski definition) is 0. The smallest absolute Gasteiger partial charge is 0.233 e. The largest absolute Gasteiger partial charge is 0.304 e. The number of halogens is 2. The number of amides is 1. The van der Waals surface area contributed by atoms with Crippen molar-refractivity contribution in [1.82, 2.24) is 9.97 Å². The van der Waals surface area contributed by atoms with Gasteiger partial charge in [0.05, 0.1) is 30.0 Å². The molecule has 130 valence electrons. The van der Waals surface area contributed by atoms with E-state index in [4.69, 9.17) is 0 Å². The number of carbonyl (C=O) groups excluding carboxylic acids is 1. The maximum atomic E-state index is 13.5. The molecule has 6 heteroatoms. The number of aryl methyl sites for hydroxylation is 1. The second-order valence-electron chi connectivity index (χ2n) is 6.24. The third-order valence-electron chi connectivity index (χ3n) is 4.54. The maximum Gasteiger partial charge on any atom is 0.233 e. The van der Waals surface area contributed by atoms with E-state index in [2.05, 4.69) is 9.97 Å². The number of rotatable bonds is 3. The van der Waals surface area contributed by atoms with Crippen molar-refractivity contribution in [1.29, 1.82) is 0 Å². The Hall–Kier alpha value is -3.15. The number of carbonyl (C=O) groups is 1. The molecule has 1 amide bonds. The van der Waals surface area contributed by atoms with Gasteiger partial charge in [-0.25, -0.2) is 8.78 Å². The van der Waals surface area contributed by atoms with Gasteiger partial charge in [0.2, 0.25) is 5.91 Å². The molecule has 0 fully saturated rings. The average molecular weight is 351 g/mol. The number of pyridine rings is 2. The quantitative estimate of drug-likeness (QED) is 0.721. The van der Waals surface area contributed by atoms with Crippen LogP contribution in [-0.4, -0.2) is 15.9 Å². The van der Waals surface area contributed by atoms with Crippen molar-refractivity contribution in [2.45, 2.75) is 19.9 Å². The summed E-state index contributed by atoms with van der Waals surface area (Å²) >= 11 is 0. The monoisotopic (exact) mass is 351 g/mol. The molecule has 0 atom stereocenters. The average Bonchev–Trinajstić information content (AvgIpc) is 2.94. The number of fused-ring (bicyclic) bond motifs is 1. The van der Waals surface area contributed by atoms with Gasteiger partial charge in [-0.15, -0.1) is 0 Å². The highest BCUT2D eigenvalue weighted by Crippen LogP contribution is 2.33. The second-order valence-corrected chi connectivity index (χ2v) is 6.24. The van der Waals surface area contributed by atoms with Crippen molar-refractivity contribution in [2.24, 2.45) is 0 Å². The molecule has 3 heterocycles. The van der Waals surface area contributed by atoms with Crippen LogP contribution >= 0.6 is 0 Å². The SMILES string of the molecule is Cc1cccnc1CN1C(=O)Cc2ncc(-c3ccc(F)c(F)c3)cc21. The lowest BCUT2D eigenvalue weighted by atomic mass is 10.1. The van der Waals surface area contributed by atoms with Crippen molar-refractivity contribution in [3.8, 4) is 11.1 Å². The summed E-state index contributed by atoms with van der Waals surface area (Å²) in [5, 5.41) is 0. The molecule has 0 spiro atoms. The third-order valence-corrected chi connectivity index (χ3v) is 4.54. The van der Waals surface area contributed by atoms with E-state index in [1.807, 2.05) is 19.1 Å². The van der Waals surface area contributed by atoms with Gasteiger partial charge in [-0.3, -0.25) is 14.8 Å². The number of hydrogen-bond acceptors (Lipinski definition) is 3. The van der Waals surface area contributed by atoms with Crippen LogP contribution in [0.25, 0.3) is 11.1 Å². The van der Waals surface area contributed by atoms with Crippen LogP contribution in [0.5, 0.6) is 0 Å². The Bertz CT molecular complexity index is 1020. The van der Waals surface area contributed by atoms with Crippen molar-refractivity contribution in [3.63, 3.8) is 0 Å². The van der Waals surface area contributed by atoms with Gasteiger partial charge in [-0.1, -0.05) is 12.1 Å². The highest BCUT2D eigenvalue weighted by molar-refractivity contribution is 6.01. The zero-order chi connectivity index (χ0) is 18.3. The minimum absolute atomic E-state index is 0.0556. The summed E-state index contributed by atoms with van der Waals surface area (Å²) in [7, 11) is 0. The molecule has 26 heavy (non-hydrogen) atoms. The van der Waals surface area contributed by atoms with Gasteiger partial charge in [0.15, 0.2) is 11.6 Å². The number of anilines is 1. The first kappa shape index (κ1) is 16.3. The van der Waals surface area contributed by atoms with E-state index >= 15 is 0 Å². The summed E-state index contributed by atoms with van der Waals surface area (Å²) in [6.07, 6.45) is 3.49. The molecule has 4 nitrogen and oxygen atoms in total. The van der Waals surface area contributed by atoms with Crippen LogP contribution in [0.4, 0.5) is 14.5 Å². The van der Waals surface area contributed by atoms with E-state index in [-0.39, 0.29) is 12.3 Å². The topological polar surface area (TPSA) is 46.1 Å². The molecule has 0 bridgehead atoms.